The molecule has 3 unspecified atom stereocenters. The zero-order valence-electron chi connectivity index (χ0n) is 24.5. The van der Waals surface area contributed by atoms with Crippen LogP contribution in [0.3, 0.4) is 0 Å². The van der Waals surface area contributed by atoms with Crippen LogP contribution in [0.1, 0.15) is 38.7 Å². The highest BCUT2D eigenvalue weighted by Crippen LogP contribution is 2.24. The summed E-state index contributed by atoms with van der Waals surface area (Å²) in [6.45, 7) is 9.34. The fraction of sp³-hybridized carbons (Fsp3) is 0.667. The number of rotatable bonds is 9. The van der Waals surface area contributed by atoms with Crippen LogP contribution in [0.15, 0.2) is 35.3 Å². The molecule has 1 aromatic carbocycles. The number of carbonyl (C=O) groups is 3. The lowest BCUT2D eigenvalue weighted by molar-refractivity contribution is -0.139. The summed E-state index contributed by atoms with van der Waals surface area (Å²) in [7, 11) is 2.10. The maximum Gasteiger partial charge on any atom is 0.413 e. The van der Waals surface area contributed by atoms with Gasteiger partial charge in [-0.25, -0.2) is 4.79 Å². The molecule has 3 aliphatic rings. The first kappa shape index (κ1) is 31.1. The van der Waals surface area contributed by atoms with Crippen molar-refractivity contribution < 1.29 is 28.6 Å². The molecule has 11 nitrogen and oxygen atoms in total. The normalized spacial score (nSPS) is 24.2. The van der Waals surface area contributed by atoms with Crippen molar-refractivity contribution in [3.8, 4) is 0 Å². The van der Waals surface area contributed by atoms with Gasteiger partial charge in [0.25, 0.3) is 0 Å². The monoisotopic (exact) mass is 571 g/mol. The van der Waals surface area contributed by atoms with Crippen LogP contribution in [0, 0.1) is 11.8 Å². The molecule has 3 heterocycles. The Hall–Kier alpha value is -2.86. The molecule has 2 amide bonds. The van der Waals surface area contributed by atoms with Gasteiger partial charge in [-0.3, -0.25) is 24.8 Å². The Morgan fingerprint density at radius 1 is 1.07 bits per heavy atom. The third-order valence-corrected chi connectivity index (χ3v) is 7.88. The van der Waals surface area contributed by atoms with Crippen molar-refractivity contribution in [2.24, 2.45) is 16.8 Å². The van der Waals surface area contributed by atoms with Gasteiger partial charge in [-0.05, 0) is 59.2 Å². The summed E-state index contributed by atoms with van der Waals surface area (Å²) >= 11 is 0. The standard InChI is InChI=1S/C30H45N5O6/c1-21(2)41-30(38)33-28(23-7-5-4-6-8-23)31-25(17-22-9-11-34(3)12-10-22)29(37)32-27-24(19-40-20-26(27)36)18-35-13-15-39-16-14-35/h4-8,21-22,24-25,27H,9-20H2,1-3H3,(H,32,37)(H,31,33,38). The predicted molar refractivity (Wildman–Crippen MR) is 155 cm³/mol. The third-order valence-electron chi connectivity index (χ3n) is 7.88. The van der Waals surface area contributed by atoms with Crippen molar-refractivity contribution in [2.75, 3.05) is 66.2 Å². The first-order valence-electron chi connectivity index (χ1n) is 14.8. The first-order chi connectivity index (χ1) is 19.8. The van der Waals surface area contributed by atoms with E-state index in [0.29, 0.717) is 44.3 Å². The van der Waals surface area contributed by atoms with Gasteiger partial charge in [0, 0.05) is 31.1 Å². The summed E-state index contributed by atoms with van der Waals surface area (Å²) in [6, 6.07) is 7.79. The number of ether oxygens (including phenoxy) is 3. The van der Waals surface area contributed by atoms with E-state index >= 15 is 0 Å². The van der Waals surface area contributed by atoms with E-state index in [-0.39, 0.29) is 36.2 Å². The Morgan fingerprint density at radius 3 is 2.46 bits per heavy atom. The number of aliphatic imine (C=N–C) groups is 1. The lowest BCUT2D eigenvalue weighted by Crippen LogP contribution is -2.57. The minimum atomic E-state index is -0.794. The molecular weight excluding hydrogens is 526 g/mol. The van der Waals surface area contributed by atoms with E-state index in [1.165, 1.54) is 0 Å². The van der Waals surface area contributed by atoms with Crippen LogP contribution in [-0.2, 0) is 23.8 Å². The molecular formula is C30H45N5O6. The van der Waals surface area contributed by atoms with Crippen molar-refractivity contribution in [3.05, 3.63) is 35.9 Å². The van der Waals surface area contributed by atoms with Gasteiger partial charge in [-0.2, -0.15) is 0 Å². The fourth-order valence-electron chi connectivity index (χ4n) is 5.58. The van der Waals surface area contributed by atoms with Crippen molar-refractivity contribution in [2.45, 2.75) is 51.3 Å². The van der Waals surface area contributed by atoms with E-state index in [2.05, 4.69) is 27.5 Å². The summed E-state index contributed by atoms with van der Waals surface area (Å²) in [5.41, 5.74) is 0.668. The van der Waals surface area contributed by atoms with E-state index in [1.807, 2.05) is 30.3 Å². The molecule has 0 radical (unpaired) electrons. The van der Waals surface area contributed by atoms with E-state index in [4.69, 9.17) is 19.2 Å². The second-order valence-electron chi connectivity index (χ2n) is 11.6. The maximum atomic E-state index is 14.0. The van der Waals surface area contributed by atoms with Crippen LogP contribution in [-0.4, -0.2) is 118 Å². The van der Waals surface area contributed by atoms with E-state index in [0.717, 1.165) is 39.0 Å². The molecule has 0 saturated carbocycles. The van der Waals surface area contributed by atoms with E-state index < -0.39 is 18.2 Å². The average molecular weight is 572 g/mol. The number of likely N-dealkylation sites (tertiary alicyclic amines) is 1. The second kappa shape index (κ2) is 15.4. The lowest BCUT2D eigenvalue weighted by atomic mass is 9.89. The Morgan fingerprint density at radius 2 is 1.78 bits per heavy atom. The molecule has 0 aliphatic carbocycles. The molecule has 0 aromatic heterocycles. The van der Waals surface area contributed by atoms with Gasteiger partial charge >= 0.3 is 6.09 Å². The summed E-state index contributed by atoms with van der Waals surface area (Å²) < 4.78 is 16.4. The number of alkyl carbamates (subject to hydrolysis) is 1. The van der Waals surface area contributed by atoms with Crippen LogP contribution < -0.4 is 10.6 Å². The number of amidine groups is 1. The molecule has 41 heavy (non-hydrogen) atoms. The van der Waals surface area contributed by atoms with Gasteiger partial charge in [0.2, 0.25) is 5.91 Å². The molecule has 3 fully saturated rings. The summed E-state index contributed by atoms with van der Waals surface area (Å²) in [5.74, 6) is -0.0539. The molecule has 1 aromatic rings. The Labute approximate surface area is 243 Å². The van der Waals surface area contributed by atoms with E-state index in [1.54, 1.807) is 13.8 Å². The van der Waals surface area contributed by atoms with Crippen molar-refractivity contribution in [3.63, 3.8) is 0 Å². The summed E-state index contributed by atoms with van der Waals surface area (Å²) in [6.07, 6.45) is 1.48. The first-order valence-corrected chi connectivity index (χ1v) is 14.8. The number of benzene rings is 1. The molecule has 3 aliphatic heterocycles. The average Bonchev–Trinajstić information content (AvgIpc) is 2.95. The van der Waals surface area contributed by atoms with Crippen molar-refractivity contribution in [1.82, 2.24) is 20.4 Å². The van der Waals surface area contributed by atoms with Gasteiger partial charge in [0.15, 0.2) is 5.78 Å². The van der Waals surface area contributed by atoms with Crippen molar-refractivity contribution >= 4 is 23.6 Å². The number of hydrogen-bond acceptors (Lipinski definition) is 9. The zero-order chi connectivity index (χ0) is 29.2. The number of morpholine rings is 1. The van der Waals surface area contributed by atoms with Crippen LogP contribution in [0.4, 0.5) is 4.79 Å². The van der Waals surface area contributed by atoms with Crippen LogP contribution in [0.2, 0.25) is 0 Å². The predicted octanol–water partition coefficient (Wildman–Crippen LogP) is 1.70. The van der Waals surface area contributed by atoms with Crippen LogP contribution in [0.25, 0.3) is 0 Å². The number of Topliss-reactive ketones (excluding diaryl/α,β-unsaturated/α-hetero) is 1. The topological polar surface area (TPSA) is 122 Å². The summed E-state index contributed by atoms with van der Waals surface area (Å²) in [4.78, 5) is 49.0. The minimum Gasteiger partial charge on any atom is -0.447 e. The number of nitrogens with one attached hydrogen (secondary N) is 2. The smallest absolute Gasteiger partial charge is 0.413 e. The van der Waals surface area contributed by atoms with Gasteiger partial charge < -0.3 is 24.4 Å². The highest BCUT2D eigenvalue weighted by Gasteiger charge is 2.37. The van der Waals surface area contributed by atoms with Crippen LogP contribution >= 0.6 is 0 Å². The molecule has 3 saturated heterocycles. The molecule has 226 valence electrons. The van der Waals surface area contributed by atoms with Gasteiger partial charge in [-0.15, -0.1) is 0 Å². The largest absolute Gasteiger partial charge is 0.447 e. The summed E-state index contributed by atoms with van der Waals surface area (Å²) in [5, 5.41) is 5.83. The SMILES string of the molecule is CC(C)OC(=O)NC(=NC(CC1CCN(C)CC1)C(=O)NC1C(=O)COCC1CN1CCOCC1)c1ccccc1. The maximum absolute atomic E-state index is 14.0. The molecule has 0 spiro atoms. The van der Waals surface area contributed by atoms with Gasteiger partial charge in [0.1, 0.15) is 18.5 Å². The number of piperidine rings is 1. The number of amides is 2. The number of carbonyl (C=O) groups excluding carboxylic acids is 3. The zero-order valence-corrected chi connectivity index (χ0v) is 24.5. The van der Waals surface area contributed by atoms with Crippen LogP contribution in [0.5, 0.6) is 0 Å². The Bertz CT molecular complexity index is 1040. The van der Waals surface area contributed by atoms with Gasteiger partial charge in [0.05, 0.1) is 32.0 Å². The number of ketones is 1. The number of nitrogens with zero attached hydrogens (tertiary/aromatic N) is 3. The van der Waals surface area contributed by atoms with Gasteiger partial charge in [-0.1, -0.05) is 30.3 Å². The highest BCUT2D eigenvalue weighted by atomic mass is 16.6. The molecule has 3 atom stereocenters. The third kappa shape index (κ3) is 9.59. The lowest BCUT2D eigenvalue weighted by Gasteiger charge is -2.36. The highest BCUT2D eigenvalue weighted by molar-refractivity contribution is 6.07. The second-order valence-corrected chi connectivity index (χ2v) is 11.6. The number of hydrogen-bond donors (Lipinski definition) is 2. The molecule has 4 rings (SSSR count). The fourth-order valence-corrected chi connectivity index (χ4v) is 5.58. The quantitative estimate of drug-likeness (QED) is 0.339. The minimum absolute atomic E-state index is 0.0225. The van der Waals surface area contributed by atoms with E-state index in [9.17, 15) is 14.4 Å². The molecule has 0 bridgehead atoms. The molecule has 11 heteroatoms. The molecule has 2 N–H and O–H groups in total. The Kier molecular flexibility index (Phi) is 11.7. The Balaban J connectivity index is 1.57. The van der Waals surface area contributed by atoms with Crippen molar-refractivity contribution in [1.29, 1.82) is 0 Å².